The third-order valence-electron chi connectivity index (χ3n) is 4.94. The summed E-state index contributed by atoms with van der Waals surface area (Å²) >= 11 is 12.4. The fourth-order valence-electron chi connectivity index (χ4n) is 2.95. The van der Waals surface area contributed by atoms with Gasteiger partial charge in [-0.15, -0.1) is 0 Å². The standard InChI is InChI=1S/C23H26Cl2N4O6/c1-22(2,3)18(31)34-11-27-16-15(29(20(25)26-16)14-9-7-13(24)8-10-14)17(30)28(21(27)33)12-35-19(32)23(4,5)6/h7-10H,11-12H2,1-6H3. The van der Waals surface area contributed by atoms with Crippen molar-refractivity contribution in [3.8, 4) is 5.69 Å². The van der Waals surface area contributed by atoms with E-state index >= 15 is 0 Å². The Bertz CT molecular complexity index is 1410. The summed E-state index contributed by atoms with van der Waals surface area (Å²) in [6, 6.07) is 6.44. The molecule has 0 aliphatic heterocycles. The van der Waals surface area contributed by atoms with Crippen molar-refractivity contribution in [1.82, 2.24) is 18.7 Å². The molecule has 0 saturated heterocycles. The Morgan fingerprint density at radius 2 is 1.34 bits per heavy atom. The Labute approximate surface area is 211 Å². The zero-order valence-electron chi connectivity index (χ0n) is 20.2. The molecule has 0 radical (unpaired) electrons. The van der Waals surface area contributed by atoms with E-state index in [4.69, 9.17) is 32.7 Å². The smallest absolute Gasteiger partial charge is 0.338 e. The number of carbonyl (C=O) groups excluding carboxylic acids is 2. The summed E-state index contributed by atoms with van der Waals surface area (Å²) in [7, 11) is 0. The molecule has 0 aliphatic carbocycles. The molecule has 0 bridgehead atoms. The minimum atomic E-state index is -0.886. The first kappa shape index (κ1) is 26.5. The number of imidazole rings is 1. The van der Waals surface area contributed by atoms with Gasteiger partial charge in [0, 0.05) is 10.7 Å². The van der Waals surface area contributed by atoms with Gasteiger partial charge in [0.15, 0.2) is 24.6 Å². The quantitative estimate of drug-likeness (QED) is 0.368. The van der Waals surface area contributed by atoms with Gasteiger partial charge >= 0.3 is 17.6 Å². The number of aromatic nitrogens is 4. The molecule has 2 aromatic heterocycles. The molecule has 12 heteroatoms. The second-order valence-electron chi connectivity index (χ2n) is 9.93. The topological polar surface area (TPSA) is 114 Å². The third-order valence-corrected chi connectivity index (χ3v) is 5.45. The first-order valence-corrected chi connectivity index (χ1v) is 11.4. The van der Waals surface area contributed by atoms with Crippen molar-refractivity contribution in [2.24, 2.45) is 10.8 Å². The minimum absolute atomic E-state index is 0.0736. The first-order chi connectivity index (χ1) is 16.1. The summed E-state index contributed by atoms with van der Waals surface area (Å²) in [6.45, 7) is 8.71. The highest BCUT2D eigenvalue weighted by Gasteiger charge is 2.27. The molecule has 0 N–H and O–H groups in total. The number of hydrogen-bond donors (Lipinski definition) is 0. The molecule has 0 amide bonds. The molecular formula is C23H26Cl2N4O6. The second-order valence-corrected chi connectivity index (χ2v) is 10.7. The molecule has 188 valence electrons. The molecule has 35 heavy (non-hydrogen) atoms. The van der Waals surface area contributed by atoms with Crippen molar-refractivity contribution in [2.45, 2.75) is 55.0 Å². The number of nitrogens with zero attached hydrogens (tertiary/aromatic N) is 4. The third kappa shape index (κ3) is 5.43. The van der Waals surface area contributed by atoms with E-state index in [1.165, 1.54) is 4.57 Å². The van der Waals surface area contributed by atoms with Crippen LogP contribution in [0.4, 0.5) is 0 Å². The van der Waals surface area contributed by atoms with Gasteiger partial charge in [0.1, 0.15) is 0 Å². The Morgan fingerprint density at radius 1 is 0.857 bits per heavy atom. The molecular weight excluding hydrogens is 499 g/mol. The fraction of sp³-hybridized carbons (Fsp3) is 0.435. The molecule has 3 aromatic rings. The van der Waals surface area contributed by atoms with E-state index < -0.39 is 47.5 Å². The second kappa shape index (κ2) is 9.50. The van der Waals surface area contributed by atoms with E-state index in [2.05, 4.69) is 4.98 Å². The van der Waals surface area contributed by atoms with Crippen molar-refractivity contribution >= 4 is 46.3 Å². The highest BCUT2D eigenvalue weighted by molar-refractivity contribution is 6.30. The van der Waals surface area contributed by atoms with Crippen LogP contribution in [0, 0.1) is 10.8 Å². The van der Waals surface area contributed by atoms with Crippen LogP contribution < -0.4 is 11.2 Å². The van der Waals surface area contributed by atoms with E-state index in [0.29, 0.717) is 10.7 Å². The van der Waals surface area contributed by atoms with Crippen LogP contribution in [0.2, 0.25) is 10.3 Å². The van der Waals surface area contributed by atoms with Crippen LogP contribution in [0.15, 0.2) is 33.9 Å². The lowest BCUT2D eigenvalue weighted by molar-refractivity contribution is -0.157. The van der Waals surface area contributed by atoms with Gasteiger partial charge in [-0.25, -0.2) is 13.9 Å². The van der Waals surface area contributed by atoms with Crippen LogP contribution in [-0.4, -0.2) is 30.6 Å². The molecule has 2 heterocycles. The van der Waals surface area contributed by atoms with Gasteiger partial charge in [0.2, 0.25) is 5.28 Å². The largest absolute Gasteiger partial charge is 0.443 e. The summed E-state index contributed by atoms with van der Waals surface area (Å²) in [5, 5.41) is 0.353. The number of halogens is 2. The van der Waals surface area contributed by atoms with Crippen LogP contribution in [-0.2, 0) is 32.5 Å². The average Bonchev–Trinajstić information content (AvgIpc) is 3.09. The predicted octanol–water partition coefficient (Wildman–Crippen LogP) is 3.75. The highest BCUT2D eigenvalue weighted by Crippen LogP contribution is 2.24. The maximum atomic E-state index is 13.4. The Balaban J connectivity index is 2.24. The monoisotopic (exact) mass is 524 g/mol. The van der Waals surface area contributed by atoms with Crippen LogP contribution in [0.5, 0.6) is 0 Å². The summed E-state index contributed by atoms with van der Waals surface area (Å²) < 4.78 is 13.6. The number of rotatable bonds is 5. The molecule has 0 aliphatic rings. The van der Waals surface area contributed by atoms with Crippen molar-refractivity contribution < 1.29 is 19.1 Å². The number of carbonyl (C=O) groups is 2. The van der Waals surface area contributed by atoms with Crippen LogP contribution in [0.1, 0.15) is 41.5 Å². The molecule has 0 saturated carbocycles. The molecule has 0 fully saturated rings. The van der Waals surface area contributed by atoms with Gasteiger partial charge in [-0.05, 0) is 77.4 Å². The van der Waals surface area contributed by atoms with Crippen molar-refractivity contribution in [1.29, 1.82) is 0 Å². The maximum Gasteiger partial charge on any atom is 0.338 e. The molecule has 1 aromatic carbocycles. The van der Waals surface area contributed by atoms with E-state index in [1.54, 1.807) is 65.8 Å². The zero-order valence-corrected chi connectivity index (χ0v) is 21.7. The maximum absolute atomic E-state index is 13.4. The summed E-state index contributed by atoms with van der Waals surface area (Å²) in [5.41, 5.74) is -3.09. The number of ether oxygens (including phenoxy) is 2. The van der Waals surface area contributed by atoms with Gasteiger partial charge < -0.3 is 9.47 Å². The lowest BCUT2D eigenvalue weighted by Crippen LogP contribution is -2.43. The molecule has 0 atom stereocenters. The van der Waals surface area contributed by atoms with Gasteiger partial charge in [-0.3, -0.25) is 19.0 Å². The SMILES string of the molecule is CC(C)(C)C(=O)OCn1c(=O)c2c(nc(Cl)n2-c2ccc(Cl)cc2)n(COC(=O)C(C)(C)C)c1=O. The van der Waals surface area contributed by atoms with E-state index in [1.807, 2.05) is 0 Å². The Hall–Kier alpha value is -3.11. The number of benzene rings is 1. The average molecular weight is 525 g/mol. The van der Waals surface area contributed by atoms with Crippen LogP contribution in [0.25, 0.3) is 16.9 Å². The number of esters is 2. The van der Waals surface area contributed by atoms with Crippen molar-refractivity contribution in [2.75, 3.05) is 0 Å². The summed E-state index contributed by atoms with van der Waals surface area (Å²) in [5.74, 6) is -1.18. The fourth-order valence-corrected chi connectivity index (χ4v) is 3.34. The highest BCUT2D eigenvalue weighted by atomic mass is 35.5. The normalized spacial score (nSPS) is 12.1. The number of hydrogen-bond acceptors (Lipinski definition) is 7. The molecule has 0 unspecified atom stereocenters. The zero-order chi connectivity index (χ0) is 26.3. The predicted molar refractivity (Wildman–Crippen MR) is 131 cm³/mol. The molecule has 0 spiro atoms. The lowest BCUT2D eigenvalue weighted by atomic mass is 9.97. The van der Waals surface area contributed by atoms with Crippen LogP contribution in [0.3, 0.4) is 0 Å². The van der Waals surface area contributed by atoms with Gasteiger partial charge in [0.05, 0.1) is 10.8 Å². The van der Waals surface area contributed by atoms with Crippen LogP contribution >= 0.6 is 23.2 Å². The lowest BCUT2D eigenvalue weighted by Gasteiger charge is -2.19. The Kier molecular flexibility index (Phi) is 7.19. The minimum Gasteiger partial charge on any atom is -0.443 e. The van der Waals surface area contributed by atoms with Crippen molar-refractivity contribution in [3.63, 3.8) is 0 Å². The van der Waals surface area contributed by atoms with Gasteiger partial charge in [0.25, 0.3) is 5.56 Å². The first-order valence-electron chi connectivity index (χ1n) is 10.6. The van der Waals surface area contributed by atoms with E-state index in [9.17, 15) is 19.2 Å². The van der Waals surface area contributed by atoms with Crippen molar-refractivity contribution in [3.05, 3.63) is 55.4 Å². The summed E-state index contributed by atoms with van der Waals surface area (Å²) in [6.07, 6.45) is 0. The van der Waals surface area contributed by atoms with E-state index in [0.717, 1.165) is 9.13 Å². The Morgan fingerprint density at radius 3 is 1.83 bits per heavy atom. The number of fused-ring (bicyclic) bond motifs is 1. The van der Waals surface area contributed by atoms with E-state index in [-0.39, 0.29) is 16.4 Å². The van der Waals surface area contributed by atoms with Gasteiger partial charge in [-0.2, -0.15) is 4.98 Å². The molecule has 10 nitrogen and oxygen atoms in total. The van der Waals surface area contributed by atoms with Gasteiger partial charge in [-0.1, -0.05) is 11.6 Å². The summed E-state index contributed by atoms with van der Waals surface area (Å²) in [4.78, 5) is 55.5. The molecule has 3 rings (SSSR count).